The summed E-state index contributed by atoms with van der Waals surface area (Å²) in [5, 5.41) is 12.2. The Bertz CT molecular complexity index is 1970. The van der Waals surface area contributed by atoms with E-state index >= 15 is 0 Å². The van der Waals surface area contributed by atoms with Crippen LogP contribution in [-0.2, 0) is 56.6 Å². The lowest BCUT2D eigenvalue weighted by molar-refractivity contribution is -0.253. The number of hydrogen-bond acceptors (Lipinski definition) is 8. The molecular weight excluding hydrogens is 695 g/mol. The number of hydrogen-bond donors (Lipinski definition) is 2. The first kappa shape index (κ1) is 37.7. The van der Waals surface area contributed by atoms with Gasteiger partial charge < -0.3 is 24.6 Å². The van der Waals surface area contributed by atoms with Crippen LogP contribution in [0.4, 0.5) is 4.79 Å². The Labute approximate surface area is 321 Å². The number of likely N-dealkylation sites (tertiary alicyclic amines) is 1. The number of aliphatic hydroxyl groups excluding tert-OH is 1. The molecule has 55 heavy (non-hydrogen) atoms. The Balaban J connectivity index is 1.03. The maximum atomic E-state index is 13.2. The van der Waals surface area contributed by atoms with Gasteiger partial charge in [0.25, 0.3) is 5.91 Å². The fourth-order valence-electron chi connectivity index (χ4n) is 7.02. The van der Waals surface area contributed by atoms with Gasteiger partial charge in [-0.25, -0.2) is 4.79 Å². The molecule has 4 atom stereocenters. The van der Waals surface area contributed by atoms with Gasteiger partial charge in [-0.2, -0.15) is 0 Å². The Hall–Kier alpha value is -5.65. The third kappa shape index (κ3) is 10.1. The molecule has 0 saturated carbocycles. The molecule has 282 valence electrons. The maximum Gasteiger partial charge on any atom is 0.408 e. The zero-order chi connectivity index (χ0) is 38.0. The van der Waals surface area contributed by atoms with Gasteiger partial charge in [0.15, 0.2) is 6.29 Å². The molecule has 2 aliphatic rings. The molecule has 2 aliphatic heterocycles. The number of amides is 3. The van der Waals surface area contributed by atoms with Crippen LogP contribution in [-0.4, -0.2) is 51.5 Å². The van der Waals surface area contributed by atoms with E-state index in [1.54, 1.807) is 0 Å². The first-order chi connectivity index (χ1) is 26.9. The summed E-state index contributed by atoms with van der Waals surface area (Å²) in [7, 11) is 0. The van der Waals surface area contributed by atoms with Gasteiger partial charge in [0, 0.05) is 31.6 Å². The van der Waals surface area contributed by atoms with Gasteiger partial charge in [0.05, 0.1) is 31.8 Å². The molecule has 0 aliphatic carbocycles. The fraction of sp³-hybridized carbons (Fsp3) is 0.267. The summed E-state index contributed by atoms with van der Waals surface area (Å²) >= 11 is 0. The minimum atomic E-state index is -0.984. The topological polar surface area (TPSA) is 118 Å². The van der Waals surface area contributed by atoms with Crippen LogP contribution in [0.1, 0.15) is 64.2 Å². The summed E-state index contributed by atoms with van der Waals surface area (Å²) < 4.78 is 18.6. The van der Waals surface area contributed by atoms with Crippen molar-refractivity contribution in [3.63, 3.8) is 0 Å². The SMILES string of the molecule is O=C(NC1CC(=O)N(Cc2ccc(C3OC(CN(Cc4ccccc4)Cc4ccccc4)CC(c4ccc(CO)cc4)O3)cc2)C1=O)OCc1ccccc1. The summed E-state index contributed by atoms with van der Waals surface area (Å²) in [5.74, 6) is -0.840. The molecule has 4 unspecified atom stereocenters. The molecule has 10 nitrogen and oxygen atoms in total. The van der Waals surface area contributed by atoms with Crippen molar-refractivity contribution < 1.29 is 33.7 Å². The molecule has 3 amide bonds. The quantitative estimate of drug-likeness (QED) is 0.117. The van der Waals surface area contributed by atoms with Crippen molar-refractivity contribution in [2.75, 3.05) is 6.54 Å². The number of nitrogens with zero attached hydrogens (tertiary/aromatic N) is 2. The number of nitrogens with one attached hydrogen (secondary N) is 1. The lowest BCUT2D eigenvalue weighted by Crippen LogP contribution is -2.41. The number of ether oxygens (including phenoxy) is 3. The minimum absolute atomic E-state index is 0.0342. The molecule has 7 rings (SSSR count). The van der Waals surface area contributed by atoms with E-state index in [9.17, 15) is 19.5 Å². The predicted molar refractivity (Wildman–Crippen MR) is 206 cm³/mol. The Morgan fingerprint density at radius 3 is 1.87 bits per heavy atom. The van der Waals surface area contributed by atoms with Crippen molar-refractivity contribution in [1.82, 2.24) is 15.1 Å². The number of alkyl carbamates (subject to hydrolysis) is 1. The van der Waals surface area contributed by atoms with Crippen LogP contribution in [0.2, 0.25) is 0 Å². The summed E-state index contributed by atoms with van der Waals surface area (Å²) in [4.78, 5) is 42.1. The molecule has 2 heterocycles. The Morgan fingerprint density at radius 1 is 0.709 bits per heavy atom. The van der Waals surface area contributed by atoms with Crippen LogP contribution in [0.5, 0.6) is 0 Å². The number of benzene rings is 5. The van der Waals surface area contributed by atoms with Crippen LogP contribution in [0.25, 0.3) is 0 Å². The molecule has 2 saturated heterocycles. The molecule has 2 fully saturated rings. The van der Waals surface area contributed by atoms with Gasteiger partial charge in [-0.15, -0.1) is 0 Å². The third-order valence-corrected chi connectivity index (χ3v) is 9.92. The van der Waals surface area contributed by atoms with Crippen molar-refractivity contribution >= 4 is 17.9 Å². The lowest BCUT2D eigenvalue weighted by Gasteiger charge is -2.38. The predicted octanol–water partition coefficient (Wildman–Crippen LogP) is 6.98. The number of imide groups is 1. The molecule has 0 aromatic heterocycles. The van der Waals surface area contributed by atoms with E-state index in [1.165, 1.54) is 16.0 Å². The van der Waals surface area contributed by atoms with Crippen LogP contribution in [0, 0.1) is 0 Å². The maximum absolute atomic E-state index is 13.2. The Morgan fingerprint density at radius 2 is 1.27 bits per heavy atom. The summed E-state index contributed by atoms with van der Waals surface area (Å²) in [6.45, 7) is 2.27. The minimum Gasteiger partial charge on any atom is -0.445 e. The third-order valence-electron chi connectivity index (χ3n) is 9.92. The van der Waals surface area contributed by atoms with E-state index < -0.39 is 24.3 Å². The average molecular weight is 740 g/mol. The molecule has 2 N–H and O–H groups in total. The normalized spacial score (nSPS) is 19.8. The zero-order valence-electron chi connectivity index (χ0n) is 30.5. The van der Waals surface area contributed by atoms with E-state index in [-0.39, 0.29) is 44.3 Å². The van der Waals surface area contributed by atoms with Gasteiger partial charge in [-0.3, -0.25) is 19.4 Å². The highest BCUT2D eigenvalue weighted by Gasteiger charge is 2.40. The molecule has 5 aromatic rings. The second-order valence-corrected chi connectivity index (χ2v) is 14.0. The van der Waals surface area contributed by atoms with Crippen molar-refractivity contribution in [1.29, 1.82) is 0 Å². The van der Waals surface area contributed by atoms with Crippen molar-refractivity contribution in [2.24, 2.45) is 0 Å². The molecule has 0 radical (unpaired) electrons. The molecule has 10 heteroatoms. The van der Waals surface area contributed by atoms with E-state index in [2.05, 4.69) is 58.7 Å². The summed E-state index contributed by atoms with van der Waals surface area (Å²) in [6.07, 6.45) is -1.34. The first-order valence-corrected chi connectivity index (χ1v) is 18.6. The van der Waals surface area contributed by atoms with Gasteiger partial charge >= 0.3 is 6.09 Å². The average Bonchev–Trinajstić information content (AvgIpc) is 3.48. The molecule has 0 bridgehead atoms. The van der Waals surface area contributed by atoms with Crippen LogP contribution < -0.4 is 5.32 Å². The van der Waals surface area contributed by atoms with Gasteiger partial charge in [-0.1, -0.05) is 140 Å². The molecule has 0 spiro atoms. The lowest BCUT2D eigenvalue weighted by atomic mass is 9.99. The van der Waals surface area contributed by atoms with Crippen LogP contribution in [0.3, 0.4) is 0 Å². The number of aliphatic hydroxyl groups is 1. The van der Waals surface area contributed by atoms with Crippen molar-refractivity contribution in [3.8, 4) is 0 Å². The monoisotopic (exact) mass is 739 g/mol. The van der Waals surface area contributed by atoms with E-state index in [0.29, 0.717) is 13.0 Å². The highest BCUT2D eigenvalue weighted by atomic mass is 16.7. The van der Waals surface area contributed by atoms with Crippen molar-refractivity contribution in [3.05, 3.63) is 178 Å². The van der Waals surface area contributed by atoms with E-state index in [1.807, 2.05) is 91.0 Å². The highest BCUT2D eigenvalue weighted by molar-refractivity contribution is 6.06. The van der Waals surface area contributed by atoms with Crippen LogP contribution >= 0.6 is 0 Å². The number of carbonyl (C=O) groups is 3. The second-order valence-electron chi connectivity index (χ2n) is 14.0. The van der Waals surface area contributed by atoms with E-state index in [4.69, 9.17) is 14.2 Å². The zero-order valence-corrected chi connectivity index (χ0v) is 30.5. The largest absolute Gasteiger partial charge is 0.445 e. The van der Waals surface area contributed by atoms with Crippen molar-refractivity contribution in [2.45, 2.75) is 70.2 Å². The number of rotatable bonds is 14. The van der Waals surface area contributed by atoms with Gasteiger partial charge in [0.1, 0.15) is 12.6 Å². The summed E-state index contributed by atoms with van der Waals surface area (Å²) in [6, 6.07) is 44.4. The number of carbonyl (C=O) groups excluding carboxylic acids is 3. The van der Waals surface area contributed by atoms with Gasteiger partial charge in [0.2, 0.25) is 5.91 Å². The second kappa shape index (κ2) is 18.1. The fourth-order valence-corrected chi connectivity index (χ4v) is 7.02. The van der Waals surface area contributed by atoms with Gasteiger partial charge in [-0.05, 0) is 33.4 Å². The summed E-state index contributed by atoms with van der Waals surface area (Å²) in [5.41, 5.74) is 6.64. The standard InChI is InChI=1S/C45H45N3O7/c49-30-35-18-20-37(21-19-35)41-24-39(29-47(26-32-10-4-1-5-11-32)27-33-12-6-2-7-13-33)54-44(55-41)38-22-16-34(17-23-38)28-48-42(50)25-40(43(48)51)46-45(52)53-31-36-14-8-3-9-15-36/h1-23,39-41,44,49H,24-31H2,(H,46,52). The Kier molecular flexibility index (Phi) is 12.4. The highest BCUT2D eigenvalue weighted by Crippen LogP contribution is 2.38. The van der Waals surface area contributed by atoms with E-state index in [0.717, 1.165) is 40.9 Å². The van der Waals surface area contributed by atoms with Crippen LogP contribution in [0.15, 0.2) is 140 Å². The first-order valence-electron chi connectivity index (χ1n) is 18.6. The smallest absolute Gasteiger partial charge is 0.408 e. The molecular formula is C45H45N3O7. The molecule has 5 aromatic carbocycles.